The van der Waals surface area contributed by atoms with Crippen LogP contribution in [0, 0.1) is 12.7 Å². The van der Waals surface area contributed by atoms with Crippen molar-refractivity contribution in [1.82, 2.24) is 9.97 Å². The topological polar surface area (TPSA) is 132 Å². The molecule has 4 rings (SSSR count). The maximum Gasteiger partial charge on any atom is 0.303 e. The largest absolute Gasteiger partial charge is 0.481 e. The van der Waals surface area contributed by atoms with Crippen LogP contribution in [-0.4, -0.2) is 29.5 Å². The highest BCUT2D eigenvalue weighted by atomic mass is 32.2. The molecular formula is C21H20FN3O5S. The van der Waals surface area contributed by atoms with Gasteiger partial charge in [0.2, 0.25) is 0 Å². The van der Waals surface area contributed by atoms with Gasteiger partial charge in [-0.3, -0.25) is 14.3 Å². The number of carboxylic acid groups (broad SMARTS) is 1. The van der Waals surface area contributed by atoms with E-state index in [4.69, 9.17) is 5.11 Å². The Morgan fingerprint density at radius 3 is 2.55 bits per heavy atom. The minimum atomic E-state index is -3.92. The molecule has 0 atom stereocenters. The molecule has 0 radical (unpaired) electrons. The number of nitrogens with one attached hydrogen (secondary N) is 3. The maximum atomic E-state index is 13.7. The second-order valence-electron chi connectivity index (χ2n) is 6.69. The number of halogens is 1. The van der Waals surface area contributed by atoms with Gasteiger partial charge in [0.05, 0.1) is 10.6 Å². The molecule has 31 heavy (non-hydrogen) atoms. The molecule has 2 aromatic heterocycles. The number of fused-ring (bicyclic) bond motifs is 3. The molecule has 4 aromatic rings. The van der Waals surface area contributed by atoms with Crippen molar-refractivity contribution >= 4 is 43.5 Å². The van der Waals surface area contributed by atoms with Crippen LogP contribution in [0.1, 0.15) is 18.9 Å². The Morgan fingerprint density at radius 1 is 1.16 bits per heavy atom. The third-order valence-electron chi connectivity index (χ3n) is 4.63. The first kappa shape index (κ1) is 22.0. The Bertz CT molecular complexity index is 1440. The predicted octanol–water partition coefficient (Wildman–Crippen LogP) is 3.74. The van der Waals surface area contributed by atoms with Crippen molar-refractivity contribution in [3.63, 3.8) is 0 Å². The van der Waals surface area contributed by atoms with Gasteiger partial charge in [0, 0.05) is 34.5 Å². The Kier molecular flexibility index (Phi) is 6.11. The second-order valence-corrected chi connectivity index (χ2v) is 8.38. The van der Waals surface area contributed by atoms with Gasteiger partial charge in [-0.25, -0.2) is 12.8 Å². The molecule has 8 nitrogen and oxygen atoms in total. The summed E-state index contributed by atoms with van der Waals surface area (Å²) in [6.45, 7) is 3.10. The van der Waals surface area contributed by atoms with Crippen LogP contribution in [0.3, 0.4) is 0 Å². The fourth-order valence-corrected chi connectivity index (χ4v) is 4.06. The van der Waals surface area contributed by atoms with Gasteiger partial charge in [-0.2, -0.15) is 0 Å². The van der Waals surface area contributed by atoms with E-state index in [1.807, 2.05) is 0 Å². The molecule has 0 aliphatic heterocycles. The number of carboxylic acids is 1. The number of aromatic nitrogens is 2. The number of aliphatic carboxylic acids is 1. The van der Waals surface area contributed by atoms with Crippen molar-refractivity contribution in [2.75, 3.05) is 4.72 Å². The minimum Gasteiger partial charge on any atom is -0.481 e. The number of benzene rings is 2. The van der Waals surface area contributed by atoms with E-state index in [-0.39, 0.29) is 28.1 Å². The molecule has 2 heterocycles. The van der Waals surface area contributed by atoms with Crippen molar-refractivity contribution in [3.05, 3.63) is 70.4 Å². The van der Waals surface area contributed by atoms with E-state index in [2.05, 4.69) is 14.7 Å². The predicted molar refractivity (Wildman–Crippen MR) is 116 cm³/mol. The van der Waals surface area contributed by atoms with Gasteiger partial charge in [0.1, 0.15) is 11.3 Å². The van der Waals surface area contributed by atoms with E-state index in [0.29, 0.717) is 21.8 Å². The van der Waals surface area contributed by atoms with E-state index in [9.17, 15) is 22.4 Å². The normalized spacial score (nSPS) is 11.2. The summed E-state index contributed by atoms with van der Waals surface area (Å²) in [5.41, 5.74) is 1.03. The van der Waals surface area contributed by atoms with Crippen LogP contribution in [-0.2, 0) is 14.8 Å². The Morgan fingerprint density at radius 2 is 1.87 bits per heavy atom. The summed E-state index contributed by atoms with van der Waals surface area (Å²) >= 11 is 0. The standard InChI is InChI=1S/C18H14FN3O3S.C3H6O2/c1-10-14(19)3-2-4-15(10)22-26(24,25)11-5-6-16-13(9-11)12-7-8-20-17(12)18(23)21-16;1-2-3(4)5/h2-9,20,22H,1H3,(H,21,23);2H2,1H3,(H,4,5). The number of H-pyrrole nitrogens is 2. The third kappa shape index (κ3) is 4.58. The van der Waals surface area contributed by atoms with Gasteiger partial charge in [-0.15, -0.1) is 0 Å². The smallest absolute Gasteiger partial charge is 0.303 e. The van der Waals surface area contributed by atoms with Gasteiger partial charge in [0.25, 0.3) is 15.6 Å². The number of carbonyl (C=O) groups is 1. The Hall–Kier alpha value is -3.66. The molecule has 0 aliphatic carbocycles. The summed E-state index contributed by atoms with van der Waals surface area (Å²) in [6, 6.07) is 10.3. The van der Waals surface area contributed by atoms with E-state index >= 15 is 0 Å². The van der Waals surface area contributed by atoms with Crippen LogP contribution in [0.5, 0.6) is 0 Å². The average molecular weight is 445 g/mol. The van der Waals surface area contributed by atoms with Crippen LogP contribution in [0.4, 0.5) is 10.1 Å². The average Bonchev–Trinajstić information content (AvgIpc) is 3.22. The summed E-state index contributed by atoms with van der Waals surface area (Å²) in [4.78, 5) is 26.9. The SMILES string of the molecule is CCC(=O)O.Cc1c(F)cccc1NS(=O)(=O)c1ccc2[nH]c(=O)c3[nH]ccc3c2c1. The molecule has 10 heteroatoms. The van der Waals surface area contributed by atoms with Crippen molar-refractivity contribution in [2.24, 2.45) is 0 Å². The Balaban J connectivity index is 0.000000491. The minimum absolute atomic E-state index is 0.0169. The van der Waals surface area contributed by atoms with E-state index in [1.54, 1.807) is 19.2 Å². The summed E-state index contributed by atoms with van der Waals surface area (Å²) in [7, 11) is -3.92. The summed E-state index contributed by atoms with van der Waals surface area (Å²) in [5, 5.41) is 8.95. The zero-order valence-corrected chi connectivity index (χ0v) is 17.5. The molecule has 0 amide bonds. The number of pyridine rings is 1. The van der Waals surface area contributed by atoms with Gasteiger partial charge in [-0.1, -0.05) is 13.0 Å². The molecule has 0 fully saturated rings. The lowest BCUT2D eigenvalue weighted by Crippen LogP contribution is -2.14. The van der Waals surface area contributed by atoms with Crippen LogP contribution in [0.15, 0.2) is 58.4 Å². The van der Waals surface area contributed by atoms with Gasteiger partial charge in [-0.05, 0) is 43.3 Å². The summed E-state index contributed by atoms with van der Waals surface area (Å²) in [5.74, 6) is -1.24. The highest BCUT2D eigenvalue weighted by molar-refractivity contribution is 7.92. The number of rotatable bonds is 4. The zero-order valence-electron chi connectivity index (χ0n) is 16.7. The van der Waals surface area contributed by atoms with E-state index < -0.39 is 21.8 Å². The molecule has 162 valence electrons. The zero-order chi connectivity index (χ0) is 22.8. The third-order valence-corrected chi connectivity index (χ3v) is 5.99. The number of anilines is 1. The van der Waals surface area contributed by atoms with Gasteiger partial charge in [0.15, 0.2) is 0 Å². The highest BCUT2D eigenvalue weighted by Gasteiger charge is 2.18. The monoisotopic (exact) mass is 445 g/mol. The highest BCUT2D eigenvalue weighted by Crippen LogP contribution is 2.26. The quantitative estimate of drug-likeness (QED) is 0.380. The molecule has 4 N–H and O–H groups in total. The fraction of sp³-hybridized carbons (Fsp3) is 0.143. The molecule has 0 unspecified atom stereocenters. The van der Waals surface area contributed by atoms with Crippen molar-refractivity contribution < 1.29 is 22.7 Å². The van der Waals surface area contributed by atoms with Crippen molar-refractivity contribution in [3.8, 4) is 0 Å². The van der Waals surface area contributed by atoms with Crippen LogP contribution in [0.25, 0.3) is 21.8 Å². The number of hydrogen-bond donors (Lipinski definition) is 4. The van der Waals surface area contributed by atoms with Crippen molar-refractivity contribution in [2.45, 2.75) is 25.2 Å². The lowest BCUT2D eigenvalue weighted by molar-refractivity contribution is -0.136. The van der Waals surface area contributed by atoms with Gasteiger partial charge >= 0.3 is 5.97 Å². The molecular weight excluding hydrogens is 425 g/mol. The second kappa shape index (κ2) is 8.60. The number of sulfonamides is 1. The first-order valence-electron chi connectivity index (χ1n) is 9.27. The molecule has 0 saturated carbocycles. The molecule has 0 saturated heterocycles. The molecule has 0 spiro atoms. The van der Waals surface area contributed by atoms with Crippen LogP contribution in [0.2, 0.25) is 0 Å². The van der Waals surface area contributed by atoms with Crippen molar-refractivity contribution in [1.29, 1.82) is 0 Å². The first-order valence-corrected chi connectivity index (χ1v) is 10.7. The van der Waals surface area contributed by atoms with Crippen LogP contribution < -0.4 is 10.3 Å². The lowest BCUT2D eigenvalue weighted by Gasteiger charge is -2.11. The number of hydrogen-bond acceptors (Lipinski definition) is 4. The molecule has 0 aliphatic rings. The fourth-order valence-electron chi connectivity index (χ4n) is 2.91. The maximum absolute atomic E-state index is 13.7. The molecule has 2 aromatic carbocycles. The van der Waals surface area contributed by atoms with E-state index in [1.165, 1.54) is 43.3 Å². The lowest BCUT2D eigenvalue weighted by atomic mass is 10.1. The van der Waals surface area contributed by atoms with E-state index in [0.717, 1.165) is 0 Å². The first-order chi connectivity index (χ1) is 14.6. The van der Waals surface area contributed by atoms with Gasteiger partial charge < -0.3 is 15.1 Å². The number of aromatic amines is 2. The Labute approximate surface area is 176 Å². The van der Waals surface area contributed by atoms with Crippen LogP contribution >= 0.6 is 0 Å². The summed E-state index contributed by atoms with van der Waals surface area (Å²) in [6.07, 6.45) is 1.84. The molecule has 0 bridgehead atoms. The summed E-state index contributed by atoms with van der Waals surface area (Å²) < 4.78 is 41.6.